The normalized spacial score (nSPS) is 10.6. The van der Waals surface area contributed by atoms with Gasteiger partial charge >= 0.3 is 0 Å². The van der Waals surface area contributed by atoms with Crippen LogP contribution in [0.4, 0.5) is 17.3 Å². The van der Waals surface area contributed by atoms with Gasteiger partial charge in [0.2, 0.25) is 0 Å². The molecule has 0 saturated carbocycles. The number of hydrogen-bond acceptors (Lipinski definition) is 5. The lowest BCUT2D eigenvalue weighted by atomic mass is 10.2. The topological polar surface area (TPSA) is 76.7 Å². The van der Waals surface area contributed by atoms with Crippen molar-refractivity contribution in [1.82, 2.24) is 15.0 Å². The summed E-state index contributed by atoms with van der Waals surface area (Å²) in [5, 5.41) is 4.68. The van der Waals surface area contributed by atoms with Crippen molar-refractivity contribution in [2.75, 3.05) is 11.1 Å². The Balaban J connectivity index is 2.09. The Kier molecular flexibility index (Phi) is 2.89. The van der Waals surface area contributed by atoms with Crippen LogP contribution in [0.3, 0.4) is 0 Å². The first-order chi connectivity index (χ1) is 9.24. The first-order valence-electron chi connectivity index (χ1n) is 5.62. The first kappa shape index (κ1) is 11.7. The van der Waals surface area contributed by atoms with Gasteiger partial charge in [-0.05, 0) is 24.3 Å². The Bertz CT molecular complexity index is 744. The molecule has 2 aromatic heterocycles. The fourth-order valence-electron chi connectivity index (χ4n) is 1.82. The van der Waals surface area contributed by atoms with E-state index in [1.54, 1.807) is 12.4 Å². The number of nitrogens with zero attached hydrogens (tertiary/aromatic N) is 3. The quantitative estimate of drug-likeness (QED) is 0.749. The average Bonchev–Trinajstić information content (AvgIpc) is 2.42. The minimum atomic E-state index is 0.358. The third kappa shape index (κ3) is 2.28. The molecule has 6 heteroatoms. The zero-order chi connectivity index (χ0) is 13.2. The van der Waals surface area contributed by atoms with Crippen molar-refractivity contribution in [3.63, 3.8) is 0 Å². The first-order valence-corrected chi connectivity index (χ1v) is 5.99. The Labute approximate surface area is 114 Å². The summed E-state index contributed by atoms with van der Waals surface area (Å²) in [5.74, 6) is 0.922. The van der Waals surface area contributed by atoms with Gasteiger partial charge in [0, 0.05) is 11.6 Å². The van der Waals surface area contributed by atoms with E-state index in [4.69, 9.17) is 17.3 Å². The average molecular weight is 272 g/mol. The predicted molar refractivity (Wildman–Crippen MR) is 76.5 cm³/mol. The fraction of sp³-hybridized carbons (Fsp3) is 0. The summed E-state index contributed by atoms with van der Waals surface area (Å²) in [6.45, 7) is 0. The maximum Gasteiger partial charge on any atom is 0.151 e. The zero-order valence-electron chi connectivity index (χ0n) is 9.84. The molecule has 3 aromatic rings. The number of hydrogen-bond donors (Lipinski definition) is 2. The monoisotopic (exact) mass is 271 g/mol. The molecule has 0 aliphatic rings. The summed E-state index contributed by atoms with van der Waals surface area (Å²) in [7, 11) is 0. The zero-order valence-corrected chi connectivity index (χ0v) is 10.6. The standard InChI is InChI=1S/C13H10ClN5/c14-9-3-4-10(13-8(9)2-1-5-17-13)18-12-7-16-6-11(15)19-12/h1-7H,(H3,15,18,19). The highest BCUT2D eigenvalue weighted by atomic mass is 35.5. The van der Waals surface area contributed by atoms with Crippen LogP contribution in [0.2, 0.25) is 5.02 Å². The van der Waals surface area contributed by atoms with Crippen LogP contribution in [0.15, 0.2) is 42.9 Å². The van der Waals surface area contributed by atoms with Crippen LogP contribution in [0, 0.1) is 0 Å². The van der Waals surface area contributed by atoms with Crippen LogP contribution < -0.4 is 11.1 Å². The number of anilines is 3. The maximum atomic E-state index is 6.14. The van der Waals surface area contributed by atoms with Gasteiger partial charge in [-0.2, -0.15) is 0 Å². The SMILES string of the molecule is Nc1cncc(Nc2ccc(Cl)c3cccnc23)n1. The molecule has 0 amide bonds. The Morgan fingerprint density at radius 2 is 2.05 bits per heavy atom. The summed E-state index contributed by atoms with van der Waals surface area (Å²) in [4.78, 5) is 12.5. The van der Waals surface area contributed by atoms with E-state index in [-0.39, 0.29) is 0 Å². The van der Waals surface area contributed by atoms with E-state index in [0.717, 1.165) is 16.6 Å². The molecule has 19 heavy (non-hydrogen) atoms. The molecule has 0 fully saturated rings. The number of nitrogens with one attached hydrogen (secondary N) is 1. The van der Waals surface area contributed by atoms with E-state index in [2.05, 4.69) is 20.3 Å². The van der Waals surface area contributed by atoms with Crippen molar-refractivity contribution in [3.05, 3.63) is 47.9 Å². The second-order valence-corrected chi connectivity index (χ2v) is 4.36. The van der Waals surface area contributed by atoms with Gasteiger partial charge in [0.15, 0.2) is 5.82 Å². The Morgan fingerprint density at radius 1 is 1.16 bits per heavy atom. The van der Waals surface area contributed by atoms with Crippen LogP contribution in [0.1, 0.15) is 0 Å². The third-order valence-corrected chi connectivity index (χ3v) is 2.96. The molecule has 0 atom stereocenters. The van der Waals surface area contributed by atoms with Gasteiger partial charge in [-0.15, -0.1) is 0 Å². The molecule has 0 unspecified atom stereocenters. The number of benzene rings is 1. The molecule has 1 aromatic carbocycles. The summed E-state index contributed by atoms with van der Waals surface area (Å²) >= 11 is 6.14. The van der Waals surface area contributed by atoms with Crippen LogP contribution in [0.25, 0.3) is 10.9 Å². The van der Waals surface area contributed by atoms with Gasteiger partial charge in [-0.1, -0.05) is 11.6 Å². The molecule has 0 aliphatic heterocycles. The molecule has 5 nitrogen and oxygen atoms in total. The molecule has 0 aliphatic carbocycles. The second-order valence-electron chi connectivity index (χ2n) is 3.95. The van der Waals surface area contributed by atoms with Crippen molar-refractivity contribution in [2.24, 2.45) is 0 Å². The van der Waals surface area contributed by atoms with Crippen molar-refractivity contribution < 1.29 is 0 Å². The molecule has 94 valence electrons. The molecule has 3 rings (SSSR count). The number of fused-ring (bicyclic) bond motifs is 1. The molecular weight excluding hydrogens is 262 g/mol. The molecular formula is C13H10ClN5. The Hall–Kier alpha value is -2.40. The number of nitrogens with two attached hydrogens (primary N) is 1. The van der Waals surface area contributed by atoms with Crippen LogP contribution in [-0.4, -0.2) is 15.0 Å². The van der Waals surface area contributed by atoms with Crippen molar-refractivity contribution in [2.45, 2.75) is 0 Å². The van der Waals surface area contributed by atoms with Crippen molar-refractivity contribution in [1.29, 1.82) is 0 Å². The highest BCUT2D eigenvalue weighted by Gasteiger charge is 2.06. The highest BCUT2D eigenvalue weighted by molar-refractivity contribution is 6.35. The van der Waals surface area contributed by atoms with E-state index in [1.807, 2.05) is 24.3 Å². The lowest BCUT2D eigenvalue weighted by Crippen LogP contribution is -1.99. The van der Waals surface area contributed by atoms with E-state index < -0.39 is 0 Å². The van der Waals surface area contributed by atoms with Gasteiger partial charge in [0.25, 0.3) is 0 Å². The molecule has 0 bridgehead atoms. The van der Waals surface area contributed by atoms with E-state index in [0.29, 0.717) is 16.7 Å². The van der Waals surface area contributed by atoms with E-state index in [9.17, 15) is 0 Å². The summed E-state index contributed by atoms with van der Waals surface area (Å²) in [6.07, 6.45) is 4.80. The fourth-order valence-corrected chi connectivity index (χ4v) is 2.03. The van der Waals surface area contributed by atoms with Gasteiger partial charge in [-0.3, -0.25) is 9.97 Å². The summed E-state index contributed by atoms with van der Waals surface area (Å²) in [6, 6.07) is 7.43. The number of nitrogen functional groups attached to an aromatic ring is 1. The van der Waals surface area contributed by atoms with Gasteiger partial charge in [0.1, 0.15) is 5.82 Å². The largest absolute Gasteiger partial charge is 0.382 e. The lowest BCUT2D eigenvalue weighted by molar-refractivity contribution is 1.21. The summed E-state index contributed by atoms with van der Waals surface area (Å²) in [5.41, 5.74) is 7.18. The molecule has 2 heterocycles. The van der Waals surface area contributed by atoms with Crippen molar-refractivity contribution in [3.8, 4) is 0 Å². The van der Waals surface area contributed by atoms with Gasteiger partial charge in [-0.25, -0.2) is 4.98 Å². The Morgan fingerprint density at radius 3 is 2.89 bits per heavy atom. The van der Waals surface area contributed by atoms with Crippen LogP contribution in [-0.2, 0) is 0 Å². The maximum absolute atomic E-state index is 6.14. The second kappa shape index (κ2) is 4.70. The predicted octanol–water partition coefficient (Wildman–Crippen LogP) is 3.00. The van der Waals surface area contributed by atoms with Crippen LogP contribution >= 0.6 is 11.6 Å². The minimum Gasteiger partial charge on any atom is -0.382 e. The summed E-state index contributed by atoms with van der Waals surface area (Å²) < 4.78 is 0. The highest BCUT2D eigenvalue weighted by Crippen LogP contribution is 2.29. The number of rotatable bonds is 2. The van der Waals surface area contributed by atoms with Gasteiger partial charge in [0.05, 0.1) is 28.6 Å². The smallest absolute Gasteiger partial charge is 0.151 e. The molecule has 0 spiro atoms. The van der Waals surface area contributed by atoms with Crippen molar-refractivity contribution >= 4 is 39.8 Å². The minimum absolute atomic E-state index is 0.358. The molecule has 0 radical (unpaired) electrons. The van der Waals surface area contributed by atoms with Gasteiger partial charge < -0.3 is 11.1 Å². The third-order valence-electron chi connectivity index (χ3n) is 2.63. The number of aromatic nitrogens is 3. The number of pyridine rings is 1. The molecule has 3 N–H and O–H groups in total. The van der Waals surface area contributed by atoms with E-state index in [1.165, 1.54) is 6.20 Å². The van der Waals surface area contributed by atoms with Crippen LogP contribution in [0.5, 0.6) is 0 Å². The van der Waals surface area contributed by atoms with E-state index >= 15 is 0 Å². The molecule has 0 saturated heterocycles. The number of halogens is 1. The lowest BCUT2D eigenvalue weighted by Gasteiger charge is -2.09.